The molecule has 1 heterocycles. The molecule has 0 aromatic heterocycles. The Hall–Kier alpha value is -0.960. The number of hydrogen-bond acceptors (Lipinski definition) is 3. The van der Waals surface area contributed by atoms with Gasteiger partial charge in [-0.15, -0.1) is 24.0 Å². The van der Waals surface area contributed by atoms with Crippen LogP contribution in [0, 0.1) is 0 Å². The lowest BCUT2D eigenvalue weighted by molar-refractivity contribution is 0.0773. The summed E-state index contributed by atoms with van der Waals surface area (Å²) in [6.45, 7) is 10.5. The highest BCUT2D eigenvalue weighted by Crippen LogP contribution is 2.21. The summed E-state index contributed by atoms with van der Waals surface area (Å²) in [4.78, 5) is 21.0. The Bertz CT molecular complexity index is 605. The van der Waals surface area contributed by atoms with Gasteiger partial charge in [0.2, 0.25) is 0 Å². The average Bonchev–Trinajstić information content (AvgIpc) is 2.70. The fraction of sp³-hybridized carbons (Fsp3) is 0.600. The summed E-state index contributed by atoms with van der Waals surface area (Å²) < 4.78 is 0. The molecule has 1 aliphatic heterocycles. The van der Waals surface area contributed by atoms with Crippen LogP contribution in [0.15, 0.2) is 29.3 Å². The maximum Gasteiger partial charge on any atom is 0.253 e. The highest BCUT2D eigenvalue weighted by atomic mass is 127. The third-order valence-electron chi connectivity index (χ3n) is 4.81. The predicted octanol–water partition coefficient (Wildman–Crippen LogP) is 3.69. The Morgan fingerprint density at radius 1 is 1.26 bits per heavy atom. The number of nitrogens with one attached hydrogen (secondary N) is 1. The van der Waals surface area contributed by atoms with Gasteiger partial charge < -0.3 is 15.1 Å². The van der Waals surface area contributed by atoms with E-state index in [9.17, 15) is 4.79 Å². The molecule has 1 fully saturated rings. The van der Waals surface area contributed by atoms with Crippen molar-refractivity contribution in [1.29, 1.82) is 0 Å². The number of nitrogens with zero attached hydrogens (tertiary/aromatic N) is 3. The topological polar surface area (TPSA) is 47.9 Å². The zero-order valence-electron chi connectivity index (χ0n) is 16.9. The van der Waals surface area contributed by atoms with E-state index in [4.69, 9.17) is 0 Å². The Morgan fingerprint density at radius 3 is 2.48 bits per heavy atom. The van der Waals surface area contributed by atoms with Gasteiger partial charge in [0.15, 0.2) is 5.96 Å². The van der Waals surface area contributed by atoms with Crippen LogP contribution in [-0.2, 0) is 6.54 Å². The largest absolute Gasteiger partial charge is 0.352 e. The fourth-order valence-electron chi connectivity index (χ4n) is 3.13. The maximum atomic E-state index is 12.4. The number of amides is 1. The average molecular weight is 504 g/mol. The number of hydrogen-bond donors (Lipinski definition) is 1. The molecule has 5 nitrogen and oxygen atoms in total. The van der Waals surface area contributed by atoms with Crippen LogP contribution in [0.3, 0.4) is 0 Å². The minimum absolute atomic E-state index is 0. The van der Waals surface area contributed by atoms with Crippen molar-refractivity contribution in [1.82, 2.24) is 15.1 Å². The number of guanidine groups is 1. The number of carbonyl (C=O) groups is 1. The van der Waals surface area contributed by atoms with Crippen LogP contribution in [0.4, 0.5) is 0 Å². The lowest BCUT2D eigenvalue weighted by Gasteiger charge is -2.34. The number of carbonyl (C=O) groups excluding carboxylic acids is 1. The van der Waals surface area contributed by atoms with Gasteiger partial charge in [-0.1, -0.05) is 19.1 Å². The van der Waals surface area contributed by atoms with Crippen LogP contribution < -0.4 is 5.32 Å². The van der Waals surface area contributed by atoms with Crippen molar-refractivity contribution in [3.63, 3.8) is 0 Å². The molecule has 0 aliphatic carbocycles. The van der Waals surface area contributed by atoms with Gasteiger partial charge in [-0.05, 0) is 38.0 Å². The molecule has 1 unspecified atom stereocenters. The normalized spacial score (nSPS) is 17.3. The van der Waals surface area contributed by atoms with Gasteiger partial charge in [0, 0.05) is 56.3 Å². The van der Waals surface area contributed by atoms with Crippen molar-refractivity contribution in [2.45, 2.75) is 39.0 Å². The molecule has 27 heavy (non-hydrogen) atoms. The number of thioether (sulfide) groups is 1. The summed E-state index contributed by atoms with van der Waals surface area (Å²) in [5.41, 5.74) is 1.90. The van der Waals surface area contributed by atoms with Gasteiger partial charge in [-0.2, -0.15) is 11.8 Å². The van der Waals surface area contributed by atoms with E-state index in [1.807, 2.05) is 50.1 Å². The van der Waals surface area contributed by atoms with Crippen LogP contribution in [0.1, 0.15) is 43.1 Å². The Labute approximate surface area is 185 Å². The van der Waals surface area contributed by atoms with E-state index in [1.165, 1.54) is 6.42 Å². The van der Waals surface area contributed by atoms with Crippen LogP contribution in [0.2, 0.25) is 0 Å². The van der Waals surface area contributed by atoms with Crippen LogP contribution in [0.25, 0.3) is 0 Å². The van der Waals surface area contributed by atoms with Crippen LogP contribution >= 0.6 is 35.7 Å². The molecule has 7 heteroatoms. The Balaban J connectivity index is 0.00000364. The van der Waals surface area contributed by atoms with Crippen molar-refractivity contribution < 1.29 is 4.79 Å². The van der Waals surface area contributed by atoms with Crippen molar-refractivity contribution in [3.8, 4) is 0 Å². The first kappa shape index (κ1) is 24.1. The van der Waals surface area contributed by atoms with Gasteiger partial charge in [0.25, 0.3) is 5.91 Å². The van der Waals surface area contributed by atoms with E-state index in [1.54, 1.807) is 0 Å². The lowest BCUT2D eigenvalue weighted by atomic mass is 10.1. The van der Waals surface area contributed by atoms with Crippen LogP contribution in [0.5, 0.6) is 0 Å². The summed E-state index contributed by atoms with van der Waals surface area (Å²) in [5.74, 6) is 2.22. The molecule has 1 aromatic carbocycles. The fourth-order valence-corrected chi connectivity index (χ4v) is 4.31. The molecule has 1 saturated heterocycles. The van der Waals surface area contributed by atoms with Crippen LogP contribution in [-0.4, -0.2) is 65.9 Å². The minimum atomic E-state index is 0. The summed E-state index contributed by atoms with van der Waals surface area (Å²) in [6.07, 6.45) is 1.19. The summed E-state index contributed by atoms with van der Waals surface area (Å²) in [7, 11) is 1.84. The third kappa shape index (κ3) is 6.85. The summed E-state index contributed by atoms with van der Waals surface area (Å²) in [5, 5.41) is 4.15. The van der Waals surface area contributed by atoms with E-state index in [-0.39, 0.29) is 29.9 Å². The maximum absolute atomic E-state index is 12.4. The molecular weight excluding hydrogens is 471 g/mol. The molecule has 1 atom stereocenters. The highest BCUT2D eigenvalue weighted by Gasteiger charge is 2.21. The molecular formula is C20H33IN4OS. The second-order valence-electron chi connectivity index (χ2n) is 6.42. The van der Waals surface area contributed by atoms with Gasteiger partial charge in [-0.25, -0.2) is 0 Å². The number of rotatable bonds is 6. The molecule has 0 radical (unpaired) electrons. The van der Waals surface area contributed by atoms with Crippen molar-refractivity contribution in [2.24, 2.45) is 4.99 Å². The lowest BCUT2D eigenvalue weighted by Crippen LogP contribution is -2.47. The number of aliphatic imine (C=N–C) groups is 1. The molecule has 0 spiro atoms. The smallest absolute Gasteiger partial charge is 0.253 e. The molecule has 0 saturated carbocycles. The molecule has 152 valence electrons. The molecule has 1 aliphatic rings. The quantitative estimate of drug-likeness (QED) is 0.365. The van der Waals surface area contributed by atoms with Gasteiger partial charge >= 0.3 is 0 Å². The summed E-state index contributed by atoms with van der Waals surface area (Å²) in [6, 6.07) is 7.89. The molecule has 2 rings (SSSR count). The first-order chi connectivity index (χ1) is 12.6. The molecule has 1 amide bonds. The van der Waals surface area contributed by atoms with Crippen molar-refractivity contribution in [3.05, 3.63) is 35.4 Å². The minimum Gasteiger partial charge on any atom is -0.352 e. The summed E-state index contributed by atoms with van der Waals surface area (Å²) >= 11 is 2.06. The Morgan fingerprint density at radius 2 is 1.93 bits per heavy atom. The monoisotopic (exact) mass is 504 g/mol. The van der Waals surface area contributed by atoms with E-state index < -0.39 is 0 Å². The number of halogens is 1. The standard InChI is InChI=1S/C20H32N4OS.HI/c1-5-18-15-24(12-13-26-18)20(21-4)22-14-16-8-10-17(11-9-16)19(25)23(6-2)7-3;/h8-11,18H,5-7,12-15H2,1-4H3,(H,21,22);1H. The second-order valence-corrected chi connectivity index (χ2v) is 7.83. The highest BCUT2D eigenvalue weighted by molar-refractivity contribution is 14.0. The van der Waals surface area contributed by atoms with Gasteiger partial charge in [-0.3, -0.25) is 9.79 Å². The Kier molecular flexibility index (Phi) is 11.1. The molecule has 0 bridgehead atoms. The van der Waals surface area contributed by atoms with Gasteiger partial charge in [0.1, 0.15) is 0 Å². The van der Waals surface area contributed by atoms with Gasteiger partial charge in [0.05, 0.1) is 0 Å². The zero-order valence-corrected chi connectivity index (χ0v) is 20.0. The van der Waals surface area contributed by atoms with E-state index >= 15 is 0 Å². The van der Waals surface area contributed by atoms with E-state index in [2.05, 4.69) is 33.9 Å². The van der Waals surface area contributed by atoms with E-state index in [0.29, 0.717) is 11.8 Å². The molecule has 1 aromatic rings. The number of benzene rings is 1. The predicted molar refractivity (Wildman–Crippen MR) is 127 cm³/mol. The second kappa shape index (κ2) is 12.5. The van der Waals surface area contributed by atoms with Crippen molar-refractivity contribution in [2.75, 3.05) is 39.0 Å². The third-order valence-corrected chi connectivity index (χ3v) is 6.18. The van der Waals surface area contributed by atoms with E-state index in [0.717, 1.165) is 49.0 Å². The first-order valence-corrected chi connectivity index (χ1v) is 10.6. The van der Waals surface area contributed by atoms with Crippen molar-refractivity contribution >= 4 is 47.6 Å². The molecule has 1 N–H and O–H groups in total. The zero-order chi connectivity index (χ0) is 18.9. The first-order valence-electron chi connectivity index (χ1n) is 9.58. The SMILES string of the molecule is CCC1CN(C(=NC)NCc2ccc(C(=O)N(CC)CC)cc2)CCS1.I.